The van der Waals surface area contributed by atoms with Gasteiger partial charge in [-0.05, 0) is 20.8 Å². The van der Waals surface area contributed by atoms with E-state index in [1.165, 1.54) is 13.1 Å². The molecule has 0 aromatic carbocycles. The standard InChI is InChI=1S/C9H22NO.BF4/c1-6-10(4,7-2)8-9(3)11-5;2-1(3,4)5/h9H,6-8H2,1-5H3;/q+1;-1. The van der Waals surface area contributed by atoms with Gasteiger partial charge in [0.1, 0.15) is 12.6 Å². The first kappa shape index (κ1) is 18.1. The summed E-state index contributed by atoms with van der Waals surface area (Å²) in [4.78, 5) is 0. The minimum absolute atomic E-state index is 0.375. The van der Waals surface area contributed by atoms with Crippen LogP contribution in [0.1, 0.15) is 20.8 Å². The number of hydrogen-bond donors (Lipinski definition) is 0. The van der Waals surface area contributed by atoms with Crippen LogP contribution in [0.25, 0.3) is 0 Å². The molecular weight excluding hydrogens is 225 g/mol. The summed E-state index contributed by atoms with van der Waals surface area (Å²) in [5.74, 6) is 0. The smallest absolute Gasteiger partial charge is 0.418 e. The molecule has 1 unspecified atom stereocenters. The van der Waals surface area contributed by atoms with E-state index in [1.54, 1.807) is 7.11 Å². The lowest BCUT2D eigenvalue weighted by atomic mass is 10.3. The Balaban J connectivity index is 0. The number of nitrogens with zero attached hydrogens (tertiary/aromatic N) is 1. The summed E-state index contributed by atoms with van der Waals surface area (Å²) in [5.41, 5.74) is 0. The summed E-state index contributed by atoms with van der Waals surface area (Å²) in [5, 5.41) is 0. The fourth-order valence-corrected chi connectivity index (χ4v) is 1.18. The van der Waals surface area contributed by atoms with E-state index in [9.17, 15) is 17.3 Å². The summed E-state index contributed by atoms with van der Waals surface area (Å²) >= 11 is 0. The average molecular weight is 247 g/mol. The van der Waals surface area contributed by atoms with E-state index in [-0.39, 0.29) is 0 Å². The van der Waals surface area contributed by atoms with Crippen molar-refractivity contribution in [3.05, 3.63) is 0 Å². The first-order valence-electron chi connectivity index (χ1n) is 5.31. The third kappa shape index (κ3) is 13.7. The number of ether oxygens (including phenoxy) is 1. The zero-order chi connectivity index (χ0) is 13.4. The van der Waals surface area contributed by atoms with E-state index < -0.39 is 7.25 Å². The highest BCUT2D eigenvalue weighted by Crippen LogP contribution is 2.06. The first-order valence-corrected chi connectivity index (χ1v) is 5.31. The number of quaternary nitrogens is 1. The van der Waals surface area contributed by atoms with Crippen LogP contribution in [0.3, 0.4) is 0 Å². The summed E-state index contributed by atoms with van der Waals surface area (Å²) in [6.07, 6.45) is 0.375. The van der Waals surface area contributed by atoms with Gasteiger partial charge in [0.2, 0.25) is 0 Å². The van der Waals surface area contributed by atoms with Gasteiger partial charge >= 0.3 is 7.25 Å². The predicted octanol–water partition coefficient (Wildman–Crippen LogP) is 2.81. The molecule has 16 heavy (non-hydrogen) atoms. The van der Waals surface area contributed by atoms with Gasteiger partial charge in [-0.3, -0.25) is 0 Å². The Morgan fingerprint density at radius 3 is 1.62 bits per heavy atom. The van der Waals surface area contributed by atoms with Gasteiger partial charge < -0.3 is 26.5 Å². The molecule has 100 valence electrons. The van der Waals surface area contributed by atoms with Crippen molar-refractivity contribution in [2.45, 2.75) is 26.9 Å². The van der Waals surface area contributed by atoms with Gasteiger partial charge in [0, 0.05) is 7.11 Å². The van der Waals surface area contributed by atoms with Crippen molar-refractivity contribution >= 4 is 7.25 Å². The molecule has 0 aliphatic carbocycles. The van der Waals surface area contributed by atoms with Crippen LogP contribution >= 0.6 is 0 Å². The minimum atomic E-state index is -6.00. The molecule has 0 heterocycles. The lowest BCUT2D eigenvalue weighted by Crippen LogP contribution is -2.48. The summed E-state index contributed by atoms with van der Waals surface area (Å²) in [7, 11) is -1.95. The predicted molar refractivity (Wildman–Crippen MR) is 58.8 cm³/mol. The van der Waals surface area contributed by atoms with Gasteiger partial charge in [0.25, 0.3) is 0 Å². The van der Waals surface area contributed by atoms with Gasteiger partial charge in [0.05, 0.1) is 20.1 Å². The van der Waals surface area contributed by atoms with Crippen molar-refractivity contribution in [2.75, 3.05) is 33.8 Å². The van der Waals surface area contributed by atoms with Crippen LogP contribution < -0.4 is 0 Å². The zero-order valence-electron chi connectivity index (χ0n) is 10.6. The number of halogens is 4. The second-order valence-electron chi connectivity index (χ2n) is 3.98. The lowest BCUT2D eigenvalue weighted by Gasteiger charge is -2.34. The molecule has 0 amide bonds. The SMILES string of the molecule is CC[N+](C)(CC)CC(C)OC.F[B-](F)(F)F. The average Bonchev–Trinajstić information content (AvgIpc) is 2.15. The molecule has 0 saturated heterocycles. The number of hydrogen-bond acceptors (Lipinski definition) is 1. The van der Waals surface area contributed by atoms with Crippen molar-refractivity contribution in [3.8, 4) is 0 Å². The molecule has 1 atom stereocenters. The Kier molecular flexibility index (Phi) is 8.92. The molecule has 0 N–H and O–H groups in total. The van der Waals surface area contributed by atoms with Crippen LogP contribution in [0.5, 0.6) is 0 Å². The Labute approximate surface area is 95.3 Å². The maximum absolute atomic E-state index is 9.75. The van der Waals surface area contributed by atoms with Crippen LogP contribution in [-0.2, 0) is 4.74 Å². The molecule has 0 radical (unpaired) electrons. The number of methoxy groups -OCH3 is 1. The molecule has 0 saturated carbocycles. The summed E-state index contributed by atoms with van der Waals surface area (Å²) < 4.78 is 45.3. The van der Waals surface area contributed by atoms with Crippen LogP contribution in [0, 0.1) is 0 Å². The van der Waals surface area contributed by atoms with E-state index in [0.717, 1.165) is 11.0 Å². The maximum atomic E-state index is 9.75. The molecular formula is C9H22BF4NO. The number of likely N-dealkylation sites (N-methyl/N-ethyl adjacent to an activating group) is 1. The quantitative estimate of drug-likeness (QED) is 0.412. The van der Waals surface area contributed by atoms with Gasteiger partial charge in [-0.2, -0.15) is 0 Å². The highest BCUT2D eigenvalue weighted by molar-refractivity contribution is 6.50. The van der Waals surface area contributed by atoms with Crippen molar-refractivity contribution in [1.82, 2.24) is 0 Å². The lowest BCUT2D eigenvalue weighted by molar-refractivity contribution is -0.908. The van der Waals surface area contributed by atoms with Crippen LogP contribution in [0.15, 0.2) is 0 Å². The van der Waals surface area contributed by atoms with E-state index in [1.807, 2.05) is 0 Å². The molecule has 0 aromatic heterocycles. The fraction of sp³-hybridized carbons (Fsp3) is 1.00. The third-order valence-electron chi connectivity index (χ3n) is 2.63. The van der Waals surface area contributed by atoms with E-state index in [0.29, 0.717) is 6.10 Å². The second kappa shape index (κ2) is 7.89. The maximum Gasteiger partial charge on any atom is 0.673 e. The number of rotatable bonds is 5. The fourth-order valence-electron chi connectivity index (χ4n) is 1.18. The molecule has 0 aliphatic heterocycles. The van der Waals surface area contributed by atoms with Crippen LogP contribution in [-0.4, -0.2) is 51.6 Å². The Bertz CT molecular complexity index is 167. The molecule has 0 rings (SSSR count). The molecule has 0 fully saturated rings. The zero-order valence-corrected chi connectivity index (χ0v) is 10.6. The highest BCUT2D eigenvalue weighted by Gasteiger charge is 2.20. The molecule has 0 spiro atoms. The highest BCUT2D eigenvalue weighted by atomic mass is 19.5. The first-order chi connectivity index (χ1) is 7.08. The molecule has 0 aliphatic rings. The van der Waals surface area contributed by atoms with Crippen molar-refractivity contribution < 1.29 is 26.5 Å². The van der Waals surface area contributed by atoms with Crippen LogP contribution in [0.4, 0.5) is 17.3 Å². The molecule has 0 bridgehead atoms. The van der Waals surface area contributed by atoms with Gasteiger partial charge in [-0.1, -0.05) is 0 Å². The van der Waals surface area contributed by atoms with E-state index in [4.69, 9.17) is 4.74 Å². The van der Waals surface area contributed by atoms with Crippen molar-refractivity contribution in [1.29, 1.82) is 0 Å². The minimum Gasteiger partial charge on any atom is -0.418 e. The van der Waals surface area contributed by atoms with Crippen LogP contribution in [0.2, 0.25) is 0 Å². The monoisotopic (exact) mass is 247 g/mol. The van der Waals surface area contributed by atoms with Gasteiger partial charge in [-0.25, -0.2) is 0 Å². The summed E-state index contributed by atoms with van der Waals surface area (Å²) in [6, 6.07) is 0. The molecule has 0 aromatic rings. The Hall–Kier alpha value is -0.295. The Morgan fingerprint density at radius 2 is 1.44 bits per heavy atom. The van der Waals surface area contributed by atoms with E-state index >= 15 is 0 Å². The third-order valence-corrected chi connectivity index (χ3v) is 2.63. The largest absolute Gasteiger partial charge is 0.673 e. The van der Waals surface area contributed by atoms with Gasteiger partial charge in [0.15, 0.2) is 0 Å². The molecule has 2 nitrogen and oxygen atoms in total. The Morgan fingerprint density at radius 1 is 1.12 bits per heavy atom. The van der Waals surface area contributed by atoms with E-state index in [2.05, 4.69) is 27.8 Å². The topological polar surface area (TPSA) is 9.23 Å². The van der Waals surface area contributed by atoms with Crippen molar-refractivity contribution in [2.24, 2.45) is 0 Å². The summed E-state index contributed by atoms with van der Waals surface area (Å²) in [6.45, 7) is 10.1. The molecule has 7 heteroatoms. The van der Waals surface area contributed by atoms with Gasteiger partial charge in [-0.15, -0.1) is 0 Å². The van der Waals surface area contributed by atoms with Crippen molar-refractivity contribution in [3.63, 3.8) is 0 Å². The second-order valence-corrected chi connectivity index (χ2v) is 3.98. The normalized spacial score (nSPS) is 14.1.